The van der Waals surface area contributed by atoms with E-state index < -0.39 is 4.92 Å². The van der Waals surface area contributed by atoms with Gasteiger partial charge < -0.3 is 4.84 Å². The first-order valence-electron chi connectivity index (χ1n) is 9.97. The van der Waals surface area contributed by atoms with Gasteiger partial charge in [0.05, 0.1) is 28.2 Å². The molecular weight excluding hydrogens is 386 g/mol. The fourth-order valence-electron chi connectivity index (χ4n) is 5.95. The van der Waals surface area contributed by atoms with Crippen molar-refractivity contribution in [2.75, 3.05) is 4.90 Å². The van der Waals surface area contributed by atoms with E-state index in [-0.39, 0.29) is 53.2 Å². The number of nitro benzene ring substituents is 1. The number of carbonyl (C=O) groups excluding carboxylic acids is 2. The van der Waals surface area contributed by atoms with Crippen molar-refractivity contribution >= 4 is 28.9 Å². The molecule has 150 valence electrons. The van der Waals surface area contributed by atoms with Crippen molar-refractivity contribution in [1.29, 1.82) is 0 Å². The Kier molecular flexibility index (Phi) is 3.45. The predicted octanol–water partition coefficient (Wildman–Crippen LogP) is 2.77. The van der Waals surface area contributed by atoms with E-state index in [4.69, 9.17) is 4.84 Å². The second kappa shape index (κ2) is 5.98. The van der Waals surface area contributed by atoms with Gasteiger partial charge in [-0.1, -0.05) is 23.4 Å². The molecule has 3 fully saturated rings. The number of fused-ring (bicyclic) bond motifs is 8. The van der Waals surface area contributed by atoms with Crippen LogP contribution in [0, 0.1) is 39.7 Å². The van der Waals surface area contributed by atoms with Crippen molar-refractivity contribution in [2.45, 2.75) is 12.5 Å². The number of para-hydroxylation sites is 1. The Morgan fingerprint density at radius 1 is 0.933 bits per heavy atom. The van der Waals surface area contributed by atoms with Crippen LogP contribution in [0.1, 0.15) is 12.0 Å². The Hall–Kier alpha value is -3.55. The van der Waals surface area contributed by atoms with Crippen LogP contribution in [0.4, 0.5) is 11.4 Å². The highest BCUT2D eigenvalue weighted by atomic mass is 16.6. The number of anilines is 1. The maximum Gasteiger partial charge on any atom is 0.269 e. The van der Waals surface area contributed by atoms with Gasteiger partial charge in [0.1, 0.15) is 6.10 Å². The van der Waals surface area contributed by atoms with Gasteiger partial charge in [0, 0.05) is 29.5 Å². The number of rotatable bonds is 3. The third-order valence-electron chi connectivity index (χ3n) is 7.08. The molecule has 0 aromatic heterocycles. The largest absolute Gasteiger partial charge is 0.391 e. The van der Waals surface area contributed by atoms with E-state index >= 15 is 0 Å². The maximum absolute atomic E-state index is 13.3. The van der Waals surface area contributed by atoms with Crippen molar-refractivity contribution in [1.82, 2.24) is 0 Å². The van der Waals surface area contributed by atoms with Crippen LogP contribution in [-0.4, -0.2) is 28.6 Å². The summed E-state index contributed by atoms with van der Waals surface area (Å²) in [7, 11) is 0. The zero-order chi connectivity index (χ0) is 20.6. The topological polar surface area (TPSA) is 102 Å². The maximum atomic E-state index is 13.3. The first-order chi connectivity index (χ1) is 14.6. The Bertz CT molecular complexity index is 1110. The normalized spacial score (nSPS) is 33.3. The lowest BCUT2D eigenvalue weighted by molar-refractivity contribution is -0.384. The molecule has 2 aliphatic heterocycles. The number of hydrogen-bond donors (Lipinski definition) is 0. The van der Waals surface area contributed by atoms with Crippen LogP contribution in [-0.2, 0) is 14.4 Å². The van der Waals surface area contributed by atoms with Gasteiger partial charge in [0.15, 0.2) is 0 Å². The predicted molar refractivity (Wildman–Crippen MR) is 106 cm³/mol. The van der Waals surface area contributed by atoms with Crippen molar-refractivity contribution in [3.63, 3.8) is 0 Å². The first-order valence-corrected chi connectivity index (χ1v) is 9.97. The van der Waals surface area contributed by atoms with E-state index in [1.165, 1.54) is 17.0 Å². The molecule has 4 aliphatic rings. The summed E-state index contributed by atoms with van der Waals surface area (Å²) in [5.41, 5.74) is 2.10. The molecular formula is C22H17N3O5. The molecule has 2 bridgehead atoms. The van der Waals surface area contributed by atoms with E-state index in [0.29, 0.717) is 5.69 Å². The molecule has 2 heterocycles. The third kappa shape index (κ3) is 2.13. The number of non-ortho nitro benzene ring substituents is 1. The first kappa shape index (κ1) is 17.3. The van der Waals surface area contributed by atoms with E-state index in [1.54, 1.807) is 24.3 Å². The highest BCUT2D eigenvalue weighted by molar-refractivity contribution is 6.23. The van der Waals surface area contributed by atoms with Crippen LogP contribution in [0.2, 0.25) is 0 Å². The van der Waals surface area contributed by atoms with Gasteiger partial charge in [0.2, 0.25) is 11.8 Å². The number of amides is 2. The average Bonchev–Trinajstić information content (AvgIpc) is 3.49. The minimum absolute atomic E-state index is 0.0119. The molecule has 2 saturated carbocycles. The molecule has 0 N–H and O–H groups in total. The summed E-state index contributed by atoms with van der Waals surface area (Å²) in [6.07, 6.45) is 0.533. The van der Waals surface area contributed by atoms with Gasteiger partial charge >= 0.3 is 0 Å². The van der Waals surface area contributed by atoms with E-state index in [2.05, 4.69) is 5.16 Å². The number of benzene rings is 2. The molecule has 1 saturated heterocycles. The molecule has 0 radical (unpaired) electrons. The molecule has 8 nitrogen and oxygen atoms in total. The van der Waals surface area contributed by atoms with Crippen LogP contribution >= 0.6 is 0 Å². The Labute approximate surface area is 171 Å². The van der Waals surface area contributed by atoms with Gasteiger partial charge in [-0.2, -0.15) is 0 Å². The molecule has 30 heavy (non-hydrogen) atoms. The van der Waals surface area contributed by atoms with E-state index in [1.807, 2.05) is 18.2 Å². The number of nitrogens with zero attached hydrogens (tertiary/aromatic N) is 3. The standard InChI is InChI=1S/C22H17N3O5/c26-21-16-14-10-15(17(16)22(27)24(21)12-4-2-1-3-5-12)20-18(14)19(23-30-20)11-6-8-13(9-7-11)25(28)29/h1-9,14-18,20H,10H2/t14-,15-,16-,17-,18-,20+/m0/s1. The molecule has 0 unspecified atom stereocenters. The van der Waals surface area contributed by atoms with E-state index in [0.717, 1.165) is 17.7 Å². The summed E-state index contributed by atoms with van der Waals surface area (Å²) < 4.78 is 0. The highest BCUT2D eigenvalue weighted by Crippen LogP contribution is 2.62. The molecule has 6 atom stereocenters. The average molecular weight is 403 g/mol. The van der Waals surface area contributed by atoms with Crippen LogP contribution in [0.25, 0.3) is 0 Å². The lowest BCUT2D eigenvalue weighted by atomic mass is 9.71. The molecule has 2 aromatic carbocycles. The Morgan fingerprint density at radius 2 is 1.60 bits per heavy atom. The van der Waals surface area contributed by atoms with Crippen molar-refractivity contribution < 1.29 is 19.3 Å². The van der Waals surface area contributed by atoms with Gasteiger partial charge in [-0.15, -0.1) is 0 Å². The van der Waals surface area contributed by atoms with Gasteiger partial charge in [0.25, 0.3) is 5.69 Å². The lowest BCUT2D eigenvalue weighted by Crippen LogP contribution is -2.41. The number of imide groups is 1. The monoisotopic (exact) mass is 403 g/mol. The SMILES string of the molecule is O=C1[C@H]2[C@@H]3C[C@H]([C@H]4C(c5ccc([N+](=O)[O-])cc5)=NO[C@H]34)[C@@H]2C(=O)N1c1ccccc1. The van der Waals surface area contributed by atoms with Crippen LogP contribution in [0.15, 0.2) is 59.8 Å². The molecule has 2 aromatic rings. The Balaban J connectivity index is 1.33. The van der Waals surface area contributed by atoms with Crippen LogP contribution in [0.5, 0.6) is 0 Å². The van der Waals surface area contributed by atoms with Crippen molar-refractivity contribution in [3.05, 3.63) is 70.3 Å². The fraction of sp³-hybridized carbons (Fsp3) is 0.318. The summed E-state index contributed by atoms with van der Waals surface area (Å²) >= 11 is 0. The minimum Gasteiger partial charge on any atom is -0.391 e. The lowest BCUT2D eigenvalue weighted by Gasteiger charge is -2.29. The van der Waals surface area contributed by atoms with Crippen molar-refractivity contribution in [3.8, 4) is 0 Å². The van der Waals surface area contributed by atoms with Crippen LogP contribution < -0.4 is 4.90 Å². The summed E-state index contributed by atoms with van der Waals surface area (Å²) in [5.74, 6) is -1.16. The summed E-state index contributed by atoms with van der Waals surface area (Å²) in [4.78, 5) is 44.1. The molecule has 8 heteroatoms. The van der Waals surface area contributed by atoms with E-state index in [9.17, 15) is 19.7 Å². The number of oxime groups is 1. The number of nitro groups is 1. The minimum atomic E-state index is -0.442. The van der Waals surface area contributed by atoms with Gasteiger partial charge in [-0.05, 0) is 36.6 Å². The molecule has 0 spiro atoms. The van der Waals surface area contributed by atoms with Gasteiger partial charge in [-0.3, -0.25) is 24.6 Å². The van der Waals surface area contributed by atoms with Gasteiger partial charge in [-0.25, -0.2) is 0 Å². The summed E-state index contributed by atoms with van der Waals surface area (Å²) in [6, 6.07) is 15.3. The zero-order valence-electron chi connectivity index (χ0n) is 15.8. The number of hydrogen-bond acceptors (Lipinski definition) is 6. The molecule has 2 aliphatic carbocycles. The highest BCUT2D eigenvalue weighted by Gasteiger charge is 2.70. The third-order valence-corrected chi connectivity index (χ3v) is 7.08. The van der Waals surface area contributed by atoms with Crippen LogP contribution in [0.3, 0.4) is 0 Å². The summed E-state index contributed by atoms with van der Waals surface area (Å²) in [5, 5.41) is 15.2. The second-order valence-corrected chi connectivity index (χ2v) is 8.34. The zero-order valence-corrected chi connectivity index (χ0v) is 15.8. The van der Waals surface area contributed by atoms with Crippen molar-refractivity contribution in [2.24, 2.45) is 34.7 Å². The molecule has 6 rings (SSSR count). The smallest absolute Gasteiger partial charge is 0.269 e. The fourth-order valence-corrected chi connectivity index (χ4v) is 5.95. The molecule has 2 amide bonds. The summed E-state index contributed by atoms with van der Waals surface area (Å²) in [6.45, 7) is 0. The quantitative estimate of drug-likeness (QED) is 0.445. The second-order valence-electron chi connectivity index (χ2n) is 8.34. The Morgan fingerprint density at radius 3 is 2.27 bits per heavy atom. The number of carbonyl (C=O) groups is 2.